The van der Waals surface area contributed by atoms with Crippen LogP contribution in [0.15, 0.2) is 144 Å². The molecular weight excluding hydrogens is 540 g/mol. The van der Waals surface area contributed by atoms with Gasteiger partial charge in [0.15, 0.2) is 0 Å². The number of benzene rings is 5. The Bertz CT molecular complexity index is 2060. The van der Waals surface area contributed by atoms with Gasteiger partial charge in [0.25, 0.3) is 0 Å². The van der Waals surface area contributed by atoms with Crippen molar-refractivity contribution in [3.63, 3.8) is 0 Å². The molecular formula is C40H30N2O2. The van der Waals surface area contributed by atoms with E-state index in [0.29, 0.717) is 5.90 Å². The highest BCUT2D eigenvalue weighted by molar-refractivity contribution is 5.95. The van der Waals surface area contributed by atoms with Crippen LogP contribution in [0.4, 0.5) is 0 Å². The molecule has 2 heterocycles. The zero-order chi connectivity index (χ0) is 29.3. The minimum absolute atomic E-state index is 0.297. The second-order valence-corrected chi connectivity index (χ2v) is 11.9. The molecule has 4 nitrogen and oxygen atoms in total. The number of rotatable bonds is 3. The second kappa shape index (κ2) is 9.58. The highest BCUT2D eigenvalue weighted by Crippen LogP contribution is 2.63. The zero-order valence-corrected chi connectivity index (χ0v) is 24.4. The third-order valence-corrected chi connectivity index (χ3v) is 9.48. The van der Waals surface area contributed by atoms with Crippen LogP contribution in [0.2, 0.25) is 0 Å². The molecule has 2 atom stereocenters. The van der Waals surface area contributed by atoms with Gasteiger partial charge in [-0.15, -0.1) is 5.10 Å². The number of ether oxygens (including phenoxy) is 2. The quantitative estimate of drug-likeness (QED) is 0.217. The molecule has 0 aromatic heterocycles. The van der Waals surface area contributed by atoms with Gasteiger partial charge in [0, 0.05) is 29.3 Å². The number of allylic oxidation sites excluding steroid dienone is 4. The van der Waals surface area contributed by atoms with E-state index in [4.69, 9.17) is 9.47 Å². The predicted molar refractivity (Wildman–Crippen MR) is 175 cm³/mol. The maximum atomic E-state index is 6.74. The van der Waals surface area contributed by atoms with E-state index in [1.54, 1.807) is 0 Å². The lowest BCUT2D eigenvalue weighted by molar-refractivity contribution is 0.0780. The Morgan fingerprint density at radius 3 is 2.36 bits per heavy atom. The Hall–Kier alpha value is -5.35. The molecule has 0 fully saturated rings. The number of hydrazone groups is 1. The summed E-state index contributed by atoms with van der Waals surface area (Å²) in [5.41, 5.74) is 11.8. The summed E-state index contributed by atoms with van der Waals surface area (Å²) < 4.78 is 13.1. The molecule has 0 N–H and O–H groups in total. The van der Waals surface area contributed by atoms with E-state index in [1.807, 2.05) is 42.4 Å². The van der Waals surface area contributed by atoms with Gasteiger partial charge in [-0.3, -0.25) is 5.01 Å². The van der Waals surface area contributed by atoms with Crippen LogP contribution in [0.25, 0.3) is 16.7 Å². The average molecular weight is 571 g/mol. The predicted octanol–water partition coefficient (Wildman–Crippen LogP) is 9.23. The fourth-order valence-corrected chi connectivity index (χ4v) is 7.62. The van der Waals surface area contributed by atoms with Crippen molar-refractivity contribution in [3.05, 3.63) is 172 Å². The molecule has 5 aromatic rings. The molecule has 9 rings (SSSR count). The summed E-state index contributed by atoms with van der Waals surface area (Å²) in [6, 6.07) is 42.9. The summed E-state index contributed by atoms with van der Waals surface area (Å²) in [4.78, 5) is 0. The smallest absolute Gasteiger partial charge is 0.240 e. The third kappa shape index (κ3) is 3.54. The molecule has 0 radical (unpaired) electrons. The van der Waals surface area contributed by atoms with Gasteiger partial charge in [0.2, 0.25) is 12.1 Å². The van der Waals surface area contributed by atoms with Crippen molar-refractivity contribution in [3.8, 4) is 22.6 Å². The van der Waals surface area contributed by atoms with E-state index in [9.17, 15) is 0 Å². The summed E-state index contributed by atoms with van der Waals surface area (Å²) in [5, 5.41) is 6.58. The number of nitrogens with zero attached hydrogens (tertiary/aromatic N) is 2. The fraction of sp³-hybridized carbons (Fsp3) is 0.125. The number of para-hydroxylation sites is 1. The average Bonchev–Trinajstić information content (AvgIpc) is 3.62. The molecule has 212 valence electrons. The molecule has 2 aliphatic carbocycles. The number of fused-ring (bicyclic) bond motifs is 8. The van der Waals surface area contributed by atoms with Crippen molar-refractivity contribution in [2.75, 3.05) is 7.05 Å². The van der Waals surface area contributed by atoms with Crippen LogP contribution in [0, 0.1) is 0 Å². The Morgan fingerprint density at radius 2 is 1.45 bits per heavy atom. The maximum absolute atomic E-state index is 6.74. The van der Waals surface area contributed by atoms with Crippen LogP contribution in [-0.2, 0) is 10.2 Å². The first-order valence-electron chi connectivity index (χ1n) is 15.3. The maximum Gasteiger partial charge on any atom is 0.240 e. The van der Waals surface area contributed by atoms with Crippen molar-refractivity contribution >= 4 is 11.5 Å². The first-order chi connectivity index (χ1) is 21.7. The highest BCUT2D eigenvalue weighted by atomic mass is 16.5. The summed E-state index contributed by atoms with van der Waals surface area (Å²) in [5.74, 6) is 2.47. The van der Waals surface area contributed by atoms with Gasteiger partial charge < -0.3 is 9.47 Å². The molecule has 4 aliphatic rings. The Balaban J connectivity index is 1.15. The van der Waals surface area contributed by atoms with E-state index in [0.717, 1.165) is 46.6 Å². The second-order valence-electron chi connectivity index (χ2n) is 11.9. The molecule has 2 unspecified atom stereocenters. The fourth-order valence-electron chi connectivity index (χ4n) is 7.62. The van der Waals surface area contributed by atoms with Crippen LogP contribution in [0.1, 0.15) is 52.5 Å². The van der Waals surface area contributed by atoms with Crippen molar-refractivity contribution in [2.45, 2.75) is 24.5 Å². The van der Waals surface area contributed by atoms with Gasteiger partial charge in [-0.1, -0.05) is 103 Å². The van der Waals surface area contributed by atoms with E-state index in [-0.39, 0.29) is 11.6 Å². The standard InChI is InChI=1S/C40H30N2O2/c1-42-39(44-38(41-42)26-12-3-2-4-13-26)29-15-11-14-27(24-29)28-22-23-35-37(25-28)43-36-21-10-9-20-34(36)40(35)32-18-7-5-16-30(32)31-17-6-8-19-33(31)40/h2-7,9-18,20-25,39H,8,19H2,1H3. The first kappa shape index (κ1) is 25.2. The van der Waals surface area contributed by atoms with Crippen LogP contribution in [0.5, 0.6) is 11.5 Å². The van der Waals surface area contributed by atoms with Crippen LogP contribution >= 0.6 is 0 Å². The lowest BCUT2D eigenvalue weighted by atomic mass is 9.64. The van der Waals surface area contributed by atoms with Gasteiger partial charge in [-0.25, -0.2) is 0 Å². The SMILES string of the molecule is CN1N=C(c2ccccc2)OC1c1cccc(-c2ccc3c(c2)Oc2ccccc2C32C3=C(C=CCC3)c3ccccc32)c1. The summed E-state index contributed by atoms with van der Waals surface area (Å²) in [6.07, 6.45) is 6.43. The number of hydrogen-bond donors (Lipinski definition) is 0. The van der Waals surface area contributed by atoms with E-state index in [1.165, 1.54) is 33.4 Å². The van der Waals surface area contributed by atoms with Gasteiger partial charge >= 0.3 is 0 Å². The summed E-state index contributed by atoms with van der Waals surface area (Å²) >= 11 is 0. The summed E-state index contributed by atoms with van der Waals surface area (Å²) in [7, 11) is 1.96. The number of hydrogen-bond acceptors (Lipinski definition) is 4. The molecule has 0 saturated heterocycles. The van der Waals surface area contributed by atoms with Gasteiger partial charge in [0.1, 0.15) is 11.5 Å². The van der Waals surface area contributed by atoms with Gasteiger partial charge in [0.05, 0.1) is 5.41 Å². The van der Waals surface area contributed by atoms with Crippen LogP contribution in [0.3, 0.4) is 0 Å². The lowest BCUT2D eigenvalue weighted by Crippen LogP contribution is -2.33. The van der Waals surface area contributed by atoms with Crippen LogP contribution < -0.4 is 4.74 Å². The molecule has 4 heteroatoms. The van der Waals surface area contributed by atoms with E-state index < -0.39 is 0 Å². The van der Waals surface area contributed by atoms with Crippen molar-refractivity contribution < 1.29 is 9.47 Å². The topological polar surface area (TPSA) is 34.1 Å². The van der Waals surface area contributed by atoms with Gasteiger partial charge in [-0.2, -0.15) is 0 Å². The van der Waals surface area contributed by atoms with E-state index >= 15 is 0 Å². The third-order valence-electron chi connectivity index (χ3n) is 9.48. The molecule has 5 aromatic carbocycles. The summed E-state index contributed by atoms with van der Waals surface area (Å²) in [6.45, 7) is 0. The minimum atomic E-state index is -0.368. The Kier molecular flexibility index (Phi) is 5.48. The molecule has 0 bridgehead atoms. The monoisotopic (exact) mass is 570 g/mol. The van der Waals surface area contributed by atoms with Crippen LogP contribution in [-0.4, -0.2) is 18.0 Å². The minimum Gasteiger partial charge on any atom is -0.457 e. The largest absolute Gasteiger partial charge is 0.457 e. The normalized spacial score (nSPS) is 20.8. The van der Waals surface area contributed by atoms with Crippen molar-refractivity contribution in [1.29, 1.82) is 0 Å². The van der Waals surface area contributed by atoms with Crippen molar-refractivity contribution in [1.82, 2.24) is 5.01 Å². The van der Waals surface area contributed by atoms with Gasteiger partial charge in [-0.05, 0) is 76.6 Å². The molecule has 44 heavy (non-hydrogen) atoms. The molecule has 1 spiro atoms. The highest BCUT2D eigenvalue weighted by Gasteiger charge is 2.51. The molecule has 0 amide bonds. The molecule has 0 saturated carbocycles. The zero-order valence-electron chi connectivity index (χ0n) is 24.4. The first-order valence-corrected chi connectivity index (χ1v) is 15.3. The lowest BCUT2D eigenvalue weighted by Gasteiger charge is -2.41. The van der Waals surface area contributed by atoms with Crippen molar-refractivity contribution in [2.24, 2.45) is 5.10 Å². The molecule has 2 aliphatic heterocycles. The Labute approximate surface area is 257 Å². The Morgan fingerprint density at radius 1 is 0.705 bits per heavy atom. The van der Waals surface area contributed by atoms with E-state index in [2.05, 4.69) is 108 Å².